The van der Waals surface area contributed by atoms with Crippen LogP contribution in [0.3, 0.4) is 0 Å². The molecule has 0 saturated heterocycles. The van der Waals surface area contributed by atoms with Gasteiger partial charge in [-0.3, -0.25) is 4.79 Å². The van der Waals surface area contributed by atoms with Crippen molar-refractivity contribution in [1.82, 2.24) is 0 Å². The normalized spacial score (nSPS) is 11.4. The number of anilines is 1. The Balaban J connectivity index is 1.84. The summed E-state index contributed by atoms with van der Waals surface area (Å²) in [6.07, 6.45) is 1.69. The molecule has 0 radical (unpaired) electrons. The number of benzene rings is 4. The smallest absolute Gasteiger partial charge is 0.266 e. The van der Waals surface area contributed by atoms with Gasteiger partial charge in [0.25, 0.3) is 5.91 Å². The third-order valence-electron chi connectivity index (χ3n) is 4.74. The zero-order valence-electron chi connectivity index (χ0n) is 15.4. The van der Waals surface area contributed by atoms with Gasteiger partial charge in [0.05, 0.1) is 0 Å². The van der Waals surface area contributed by atoms with Crippen molar-refractivity contribution in [2.24, 2.45) is 0 Å². The van der Waals surface area contributed by atoms with Crippen molar-refractivity contribution < 1.29 is 4.79 Å². The molecule has 4 aromatic carbocycles. The molecular formula is C25H18N2O. The summed E-state index contributed by atoms with van der Waals surface area (Å²) in [7, 11) is 0. The number of hydrogen-bond donors (Lipinski definition) is 1. The Labute approximate surface area is 163 Å². The number of carbonyl (C=O) groups is 1. The second-order valence-corrected chi connectivity index (χ2v) is 6.73. The molecule has 0 aliphatic heterocycles. The standard InChI is InChI=1S/C25H18N2O/c1-17-7-6-10-21(13-17)27-25(28)20(16-26)15-24-22-11-4-2-8-18(22)14-19-9-3-5-12-23(19)24/h2-15H,1H3,(H,27,28)/b20-15-. The van der Waals surface area contributed by atoms with E-state index in [-0.39, 0.29) is 5.57 Å². The number of hydrogen-bond acceptors (Lipinski definition) is 2. The number of aryl methyl sites for hydroxylation is 1. The third kappa shape index (κ3) is 3.36. The van der Waals surface area contributed by atoms with E-state index in [9.17, 15) is 10.1 Å². The Kier molecular flexibility index (Phi) is 4.62. The molecule has 0 aliphatic rings. The van der Waals surface area contributed by atoms with Crippen molar-refractivity contribution in [3.05, 3.63) is 95.6 Å². The van der Waals surface area contributed by atoms with E-state index < -0.39 is 5.91 Å². The minimum atomic E-state index is -0.412. The highest BCUT2D eigenvalue weighted by atomic mass is 16.1. The molecule has 0 spiro atoms. The minimum absolute atomic E-state index is 0.0722. The molecule has 1 N–H and O–H groups in total. The molecule has 0 unspecified atom stereocenters. The summed E-state index contributed by atoms with van der Waals surface area (Å²) >= 11 is 0. The van der Waals surface area contributed by atoms with E-state index in [4.69, 9.17) is 0 Å². The van der Waals surface area contributed by atoms with E-state index in [0.717, 1.165) is 32.7 Å². The fourth-order valence-corrected chi connectivity index (χ4v) is 3.42. The van der Waals surface area contributed by atoms with Crippen molar-refractivity contribution in [3.63, 3.8) is 0 Å². The molecule has 3 nitrogen and oxygen atoms in total. The molecule has 0 saturated carbocycles. The molecule has 0 aromatic heterocycles. The van der Waals surface area contributed by atoms with Crippen LogP contribution >= 0.6 is 0 Å². The molecule has 4 aromatic rings. The summed E-state index contributed by atoms with van der Waals surface area (Å²) in [5.74, 6) is -0.412. The van der Waals surface area contributed by atoms with Crippen LogP contribution in [0.1, 0.15) is 11.1 Å². The Hall–Kier alpha value is -3.90. The highest BCUT2D eigenvalue weighted by molar-refractivity contribution is 6.14. The number of nitrogens with one attached hydrogen (secondary N) is 1. The lowest BCUT2D eigenvalue weighted by Crippen LogP contribution is -2.13. The first-order valence-electron chi connectivity index (χ1n) is 9.06. The maximum atomic E-state index is 12.7. The topological polar surface area (TPSA) is 52.9 Å². The molecule has 1 amide bonds. The Morgan fingerprint density at radius 3 is 2.14 bits per heavy atom. The average molecular weight is 362 g/mol. The molecule has 0 fully saturated rings. The highest BCUT2D eigenvalue weighted by Crippen LogP contribution is 2.30. The number of rotatable bonds is 3. The molecule has 3 heteroatoms. The Morgan fingerprint density at radius 1 is 0.893 bits per heavy atom. The SMILES string of the molecule is Cc1cccc(NC(=O)/C(C#N)=C\c2c3ccccc3cc3ccccc23)c1. The second kappa shape index (κ2) is 7.38. The lowest BCUT2D eigenvalue weighted by molar-refractivity contribution is -0.112. The van der Waals surface area contributed by atoms with E-state index in [1.54, 1.807) is 6.08 Å². The number of fused-ring (bicyclic) bond motifs is 2. The van der Waals surface area contributed by atoms with Crippen LogP contribution in [0.5, 0.6) is 0 Å². The quantitative estimate of drug-likeness (QED) is 0.282. The summed E-state index contributed by atoms with van der Waals surface area (Å²) in [5, 5.41) is 16.6. The lowest BCUT2D eigenvalue weighted by Gasteiger charge is -2.10. The fourth-order valence-electron chi connectivity index (χ4n) is 3.42. The number of carbonyl (C=O) groups excluding carboxylic acids is 1. The molecular weight excluding hydrogens is 344 g/mol. The van der Waals surface area contributed by atoms with Crippen LogP contribution in [-0.2, 0) is 4.79 Å². The third-order valence-corrected chi connectivity index (χ3v) is 4.74. The van der Waals surface area contributed by atoms with Gasteiger partial charge in [-0.1, -0.05) is 60.7 Å². The predicted molar refractivity (Wildman–Crippen MR) is 115 cm³/mol. The van der Waals surface area contributed by atoms with Gasteiger partial charge in [-0.05, 0) is 63.9 Å². The van der Waals surface area contributed by atoms with Crippen LogP contribution < -0.4 is 5.32 Å². The zero-order valence-corrected chi connectivity index (χ0v) is 15.4. The van der Waals surface area contributed by atoms with Gasteiger partial charge in [0.1, 0.15) is 11.6 Å². The summed E-state index contributed by atoms with van der Waals surface area (Å²) in [6.45, 7) is 1.96. The van der Waals surface area contributed by atoms with E-state index in [1.165, 1.54) is 0 Å². The van der Waals surface area contributed by atoms with Crippen molar-refractivity contribution in [2.75, 3.05) is 5.32 Å². The van der Waals surface area contributed by atoms with Gasteiger partial charge in [0.15, 0.2) is 0 Å². The van der Waals surface area contributed by atoms with Crippen LogP contribution in [0.25, 0.3) is 27.6 Å². The van der Waals surface area contributed by atoms with Crippen molar-refractivity contribution in [3.8, 4) is 6.07 Å². The van der Waals surface area contributed by atoms with E-state index in [1.807, 2.05) is 79.7 Å². The Morgan fingerprint density at radius 2 is 1.54 bits per heavy atom. The Bertz CT molecular complexity index is 1220. The summed E-state index contributed by atoms with van der Waals surface area (Å²) in [6, 6.07) is 27.7. The first-order valence-corrected chi connectivity index (χ1v) is 9.06. The maximum Gasteiger partial charge on any atom is 0.266 e. The minimum Gasteiger partial charge on any atom is -0.321 e. The molecule has 0 bridgehead atoms. The molecule has 28 heavy (non-hydrogen) atoms. The number of nitriles is 1. The van der Waals surface area contributed by atoms with Crippen LogP contribution in [-0.4, -0.2) is 5.91 Å². The average Bonchev–Trinajstić information content (AvgIpc) is 2.71. The van der Waals surface area contributed by atoms with Gasteiger partial charge in [-0.15, -0.1) is 0 Å². The molecule has 0 aliphatic carbocycles. The molecule has 0 atom stereocenters. The van der Waals surface area contributed by atoms with Gasteiger partial charge in [-0.2, -0.15) is 5.26 Å². The van der Waals surface area contributed by atoms with E-state index >= 15 is 0 Å². The first kappa shape index (κ1) is 17.5. The highest BCUT2D eigenvalue weighted by Gasteiger charge is 2.12. The van der Waals surface area contributed by atoms with Crippen molar-refractivity contribution >= 4 is 39.2 Å². The zero-order chi connectivity index (χ0) is 19.5. The van der Waals surface area contributed by atoms with Crippen LogP contribution in [0.15, 0.2) is 84.4 Å². The summed E-state index contributed by atoms with van der Waals surface area (Å²) in [5.41, 5.74) is 2.67. The molecule has 0 heterocycles. The number of amides is 1. The van der Waals surface area contributed by atoms with Crippen LogP contribution in [0.2, 0.25) is 0 Å². The van der Waals surface area contributed by atoms with Crippen LogP contribution in [0, 0.1) is 18.3 Å². The van der Waals surface area contributed by atoms with E-state index in [2.05, 4.69) is 17.5 Å². The van der Waals surface area contributed by atoms with E-state index in [0.29, 0.717) is 5.69 Å². The number of nitrogens with zero attached hydrogens (tertiary/aromatic N) is 1. The van der Waals surface area contributed by atoms with Crippen LogP contribution in [0.4, 0.5) is 5.69 Å². The van der Waals surface area contributed by atoms with Gasteiger partial charge in [0.2, 0.25) is 0 Å². The molecule has 4 rings (SSSR count). The summed E-state index contributed by atoms with van der Waals surface area (Å²) < 4.78 is 0. The first-order chi connectivity index (χ1) is 13.7. The predicted octanol–water partition coefficient (Wildman–Crippen LogP) is 5.85. The fraction of sp³-hybridized carbons (Fsp3) is 0.0400. The maximum absolute atomic E-state index is 12.7. The van der Waals surface area contributed by atoms with Crippen molar-refractivity contribution in [2.45, 2.75) is 6.92 Å². The van der Waals surface area contributed by atoms with Gasteiger partial charge < -0.3 is 5.32 Å². The summed E-state index contributed by atoms with van der Waals surface area (Å²) in [4.78, 5) is 12.7. The van der Waals surface area contributed by atoms with Gasteiger partial charge >= 0.3 is 0 Å². The van der Waals surface area contributed by atoms with Gasteiger partial charge in [0, 0.05) is 5.69 Å². The lowest BCUT2D eigenvalue weighted by atomic mass is 9.95. The largest absolute Gasteiger partial charge is 0.321 e. The monoisotopic (exact) mass is 362 g/mol. The van der Waals surface area contributed by atoms with Crippen molar-refractivity contribution in [1.29, 1.82) is 5.26 Å². The molecule has 134 valence electrons. The second-order valence-electron chi connectivity index (χ2n) is 6.73. The van der Waals surface area contributed by atoms with Gasteiger partial charge in [-0.25, -0.2) is 0 Å².